The number of rotatable bonds is 3. The van der Waals surface area contributed by atoms with Crippen molar-refractivity contribution in [1.82, 2.24) is 13.9 Å². The third-order valence-electron chi connectivity index (χ3n) is 2.85. The number of hydrogen-bond acceptors (Lipinski definition) is 4. The second-order valence-corrected chi connectivity index (χ2v) is 5.86. The van der Waals surface area contributed by atoms with Gasteiger partial charge in [0.15, 0.2) is 5.03 Å². The molecular formula is C9H16N4O2S. The highest BCUT2D eigenvalue weighted by Gasteiger charge is 2.35. The number of hydrogen-bond donors (Lipinski definition) is 1. The maximum atomic E-state index is 12.2. The van der Waals surface area contributed by atoms with Crippen LogP contribution in [-0.2, 0) is 17.1 Å². The highest BCUT2D eigenvalue weighted by Crippen LogP contribution is 2.24. The summed E-state index contributed by atoms with van der Waals surface area (Å²) in [5, 5.41) is 0.107. The molecule has 0 aromatic carbocycles. The van der Waals surface area contributed by atoms with Crippen LogP contribution < -0.4 is 5.73 Å². The van der Waals surface area contributed by atoms with Gasteiger partial charge < -0.3 is 10.3 Å². The van der Waals surface area contributed by atoms with E-state index in [1.54, 1.807) is 11.6 Å². The van der Waals surface area contributed by atoms with Crippen molar-refractivity contribution in [3.63, 3.8) is 0 Å². The Balaban J connectivity index is 2.32. The van der Waals surface area contributed by atoms with Crippen molar-refractivity contribution in [3.05, 3.63) is 12.5 Å². The third kappa shape index (κ3) is 1.85. The minimum atomic E-state index is -3.46. The standard InChI is InChI=1S/C9H16N4O2S/c1-12-6-9(11-7-12)16(14,15)13-4-2-3-8(13)5-10/h6-8H,2-5,10H2,1H3. The maximum Gasteiger partial charge on any atom is 0.262 e. The number of imidazole rings is 1. The Kier molecular flexibility index (Phi) is 3.00. The fourth-order valence-electron chi connectivity index (χ4n) is 2.00. The quantitative estimate of drug-likeness (QED) is 0.779. The predicted molar refractivity (Wildman–Crippen MR) is 59.2 cm³/mol. The van der Waals surface area contributed by atoms with Crippen LogP contribution in [-0.4, -0.2) is 41.4 Å². The van der Waals surface area contributed by atoms with Gasteiger partial charge in [0, 0.05) is 32.4 Å². The second-order valence-electron chi connectivity index (χ2n) is 4.02. The summed E-state index contributed by atoms with van der Waals surface area (Å²) >= 11 is 0. The number of nitrogens with zero attached hydrogens (tertiary/aromatic N) is 3. The predicted octanol–water partition coefficient (Wildman–Crippen LogP) is -0.468. The van der Waals surface area contributed by atoms with E-state index < -0.39 is 10.0 Å². The molecule has 2 N–H and O–H groups in total. The van der Waals surface area contributed by atoms with Crippen molar-refractivity contribution in [2.24, 2.45) is 12.8 Å². The van der Waals surface area contributed by atoms with Gasteiger partial charge in [-0.25, -0.2) is 13.4 Å². The van der Waals surface area contributed by atoms with E-state index in [0.29, 0.717) is 13.1 Å². The van der Waals surface area contributed by atoms with E-state index in [1.165, 1.54) is 16.8 Å². The lowest BCUT2D eigenvalue weighted by Gasteiger charge is -2.21. The zero-order valence-electron chi connectivity index (χ0n) is 9.20. The molecule has 0 amide bonds. The van der Waals surface area contributed by atoms with Crippen molar-refractivity contribution in [2.75, 3.05) is 13.1 Å². The van der Waals surface area contributed by atoms with Gasteiger partial charge in [-0.1, -0.05) is 0 Å². The monoisotopic (exact) mass is 244 g/mol. The number of aromatic nitrogens is 2. The smallest absolute Gasteiger partial charge is 0.262 e. The molecule has 90 valence electrons. The summed E-state index contributed by atoms with van der Waals surface area (Å²) in [5.41, 5.74) is 5.57. The fourth-order valence-corrected chi connectivity index (χ4v) is 3.68. The first-order chi connectivity index (χ1) is 7.55. The van der Waals surface area contributed by atoms with E-state index in [1.807, 2.05) is 0 Å². The average molecular weight is 244 g/mol. The second kappa shape index (κ2) is 4.15. The first kappa shape index (κ1) is 11.6. The van der Waals surface area contributed by atoms with Crippen LogP contribution in [0.2, 0.25) is 0 Å². The molecule has 1 saturated heterocycles. The van der Waals surface area contributed by atoms with Crippen LogP contribution in [0.5, 0.6) is 0 Å². The van der Waals surface area contributed by atoms with Crippen LogP contribution in [0.15, 0.2) is 17.6 Å². The summed E-state index contributed by atoms with van der Waals surface area (Å²) in [6, 6.07) is -0.0768. The van der Waals surface area contributed by atoms with Crippen LogP contribution in [0.3, 0.4) is 0 Å². The van der Waals surface area contributed by atoms with Gasteiger partial charge in [-0.2, -0.15) is 4.31 Å². The first-order valence-electron chi connectivity index (χ1n) is 5.25. The van der Waals surface area contributed by atoms with Crippen LogP contribution in [0.4, 0.5) is 0 Å². The lowest BCUT2D eigenvalue weighted by Crippen LogP contribution is -2.39. The molecular weight excluding hydrogens is 228 g/mol. The summed E-state index contributed by atoms with van der Waals surface area (Å²) in [4.78, 5) is 3.89. The van der Waals surface area contributed by atoms with Crippen LogP contribution in [0, 0.1) is 0 Å². The van der Waals surface area contributed by atoms with Crippen molar-refractivity contribution in [2.45, 2.75) is 23.9 Å². The Labute approximate surface area is 95.1 Å². The number of aryl methyl sites for hydroxylation is 1. The Bertz CT molecular complexity index is 468. The fraction of sp³-hybridized carbons (Fsp3) is 0.667. The van der Waals surface area contributed by atoms with Crippen LogP contribution >= 0.6 is 0 Å². The Morgan fingerprint density at radius 3 is 2.94 bits per heavy atom. The normalized spacial score (nSPS) is 22.8. The largest absolute Gasteiger partial charge is 0.339 e. The Morgan fingerprint density at radius 1 is 1.62 bits per heavy atom. The van der Waals surface area contributed by atoms with E-state index in [2.05, 4.69) is 4.98 Å². The van der Waals surface area contributed by atoms with Gasteiger partial charge in [-0.05, 0) is 12.8 Å². The van der Waals surface area contributed by atoms with E-state index in [9.17, 15) is 8.42 Å². The van der Waals surface area contributed by atoms with E-state index in [-0.39, 0.29) is 11.1 Å². The molecule has 1 aromatic heterocycles. The lowest BCUT2D eigenvalue weighted by molar-refractivity contribution is 0.391. The summed E-state index contributed by atoms with van der Waals surface area (Å²) in [6.45, 7) is 0.910. The molecule has 2 heterocycles. The zero-order valence-corrected chi connectivity index (χ0v) is 10.0. The average Bonchev–Trinajstić information content (AvgIpc) is 2.85. The van der Waals surface area contributed by atoms with E-state index in [0.717, 1.165) is 12.8 Å². The summed E-state index contributed by atoms with van der Waals surface area (Å²) in [7, 11) is -1.71. The number of nitrogens with two attached hydrogens (primary N) is 1. The molecule has 1 aliphatic heterocycles. The molecule has 0 bridgehead atoms. The molecule has 1 unspecified atom stereocenters. The SMILES string of the molecule is Cn1cnc(S(=O)(=O)N2CCCC2CN)c1. The van der Waals surface area contributed by atoms with Gasteiger partial charge in [0.25, 0.3) is 10.0 Å². The van der Waals surface area contributed by atoms with Crippen molar-refractivity contribution in [3.8, 4) is 0 Å². The third-order valence-corrected chi connectivity index (χ3v) is 4.69. The van der Waals surface area contributed by atoms with Crippen molar-refractivity contribution < 1.29 is 8.42 Å². The van der Waals surface area contributed by atoms with E-state index >= 15 is 0 Å². The lowest BCUT2D eigenvalue weighted by atomic mass is 10.2. The molecule has 16 heavy (non-hydrogen) atoms. The minimum Gasteiger partial charge on any atom is -0.339 e. The summed E-state index contributed by atoms with van der Waals surface area (Å²) in [5.74, 6) is 0. The van der Waals surface area contributed by atoms with Crippen molar-refractivity contribution >= 4 is 10.0 Å². The van der Waals surface area contributed by atoms with Gasteiger partial charge in [0.2, 0.25) is 0 Å². The topological polar surface area (TPSA) is 81.2 Å². The van der Waals surface area contributed by atoms with Crippen LogP contribution in [0.25, 0.3) is 0 Å². The van der Waals surface area contributed by atoms with Gasteiger partial charge >= 0.3 is 0 Å². The maximum absolute atomic E-state index is 12.2. The van der Waals surface area contributed by atoms with Gasteiger partial charge in [-0.3, -0.25) is 0 Å². The molecule has 1 atom stereocenters. The minimum absolute atomic E-state index is 0.0768. The molecule has 0 saturated carbocycles. The van der Waals surface area contributed by atoms with Gasteiger partial charge in [0.05, 0.1) is 6.33 Å². The Morgan fingerprint density at radius 2 is 2.38 bits per heavy atom. The molecule has 1 aromatic rings. The molecule has 7 heteroatoms. The molecule has 0 radical (unpaired) electrons. The highest BCUT2D eigenvalue weighted by molar-refractivity contribution is 7.89. The highest BCUT2D eigenvalue weighted by atomic mass is 32.2. The molecule has 1 fully saturated rings. The number of sulfonamides is 1. The zero-order chi connectivity index (χ0) is 11.8. The van der Waals surface area contributed by atoms with E-state index in [4.69, 9.17) is 5.73 Å². The molecule has 6 nitrogen and oxygen atoms in total. The molecule has 1 aliphatic rings. The van der Waals surface area contributed by atoms with Crippen LogP contribution in [0.1, 0.15) is 12.8 Å². The van der Waals surface area contributed by atoms with Gasteiger partial charge in [0.1, 0.15) is 0 Å². The molecule has 0 aliphatic carbocycles. The molecule has 2 rings (SSSR count). The summed E-state index contributed by atoms with van der Waals surface area (Å²) in [6.07, 6.45) is 4.71. The Hall–Kier alpha value is -0.920. The first-order valence-corrected chi connectivity index (χ1v) is 6.69. The molecule has 0 spiro atoms. The van der Waals surface area contributed by atoms with Gasteiger partial charge in [-0.15, -0.1) is 0 Å². The summed E-state index contributed by atoms with van der Waals surface area (Å²) < 4.78 is 27.5. The van der Waals surface area contributed by atoms with Crippen molar-refractivity contribution in [1.29, 1.82) is 0 Å².